The quantitative estimate of drug-likeness (QED) is 0.662. The number of halogens is 2. The van der Waals surface area contributed by atoms with Crippen LogP contribution in [0.2, 0.25) is 5.02 Å². The van der Waals surface area contributed by atoms with Crippen molar-refractivity contribution in [2.45, 2.75) is 6.54 Å². The lowest BCUT2D eigenvalue weighted by atomic mass is 10.1. The van der Waals surface area contributed by atoms with Crippen LogP contribution in [0.1, 0.15) is 11.1 Å². The Morgan fingerprint density at radius 3 is 2.67 bits per heavy atom. The number of carbonyl (C=O) groups excluding carboxylic acids is 2. The molecule has 0 bridgehead atoms. The highest BCUT2D eigenvalue weighted by molar-refractivity contribution is 6.32. The number of rotatable bonds is 3. The molecule has 7 heteroatoms. The highest BCUT2D eigenvalue weighted by Gasteiger charge is 2.33. The molecule has 0 radical (unpaired) electrons. The molecule has 0 aromatic heterocycles. The largest absolute Gasteiger partial charge is 0.506 e. The molecule has 2 aromatic carbocycles. The van der Waals surface area contributed by atoms with E-state index in [-0.39, 0.29) is 28.6 Å². The Hall–Kier alpha value is -2.86. The summed E-state index contributed by atoms with van der Waals surface area (Å²) in [6, 6.07) is 9.71. The van der Waals surface area contributed by atoms with Crippen LogP contribution in [-0.4, -0.2) is 21.9 Å². The zero-order valence-electron chi connectivity index (χ0n) is 12.3. The monoisotopic (exact) mass is 346 g/mol. The minimum atomic E-state index is -0.626. The van der Waals surface area contributed by atoms with Crippen LogP contribution in [0.3, 0.4) is 0 Å². The van der Waals surface area contributed by atoms with Gasteiger partial charge in [-0.1, -0.05) is 35.9 Å². The van der Waals surface area contributed by atoms with E-state index in [1.54, 1.807) is 12.1 Å². The summed E-state index contributed by atoms with van der Waals surface area (Å²) in [5.41, 5.74) is 0.835. The molecule has 0 spiro atoms. The summed E-state index contributed by atoms with van der Waals surface area (Å²) in [7, 11) is 0. The van der Waals surface area contributed by atoms with Gasteiger partial charge in [0.15, 0.2) is 0 Å². The number of benzene rings is 2. The van der Waals surface area contributed by atoms with Gasteiger partial charge >= 0.3 is 6.03 Å². The zero-order chi connectivity index (χ0) is 17.3. The number of aromatic hydroxyl groups is 1. The second kappa shape index (κ2) is 6.33. The van der Waals surface area contributed by atoms with Gasteiger partial charge in [0.1, 0.15) is 17.3 Å². The van der Waals surface area contributed by atoms with E-state index < -0.39 is 17.8 Å². The molecule has 2 N–H and O–H groups in total. The van der Waals surface area contributed by atoms with Crippen molar-refractivity contribution in [2.24, 2.45) is 0 Å². The summed E-state index contributed by atoms with van der Waals surface area (Å²) in [6.45, 7) is -0.162. The van der Waals surface area contributed by atoms with E-state index in [9.17, 15) is 19.1 Å². The van der Waals surface area contributed by atoms with Gasteiger partial charge in [-0.15, -0.1) is 0 Å². The molecule has 1 fully saturated rings. The van der Waals surface area contributed by atoms with Gasteiger partial charge < -0.3 is 10.4 Å². The molecule has 0 unspecified atom stereocenters. The van der Waals surface area contributed by atoms with Gasteiger partial charge in [-0.2, -0.15) is 0 Å². The lowest BCUT2D eigenvalue weighted by molar-refractivity contribution is -0.123. The molecule has 2 aromatic rings. The van der Waals surface area contributed by atoms with E-state index in [1.165, 1.54) is 36.4 Å². The molecule has 5 nitrogen and oxygen atoms in total. The minimum absolute atomic E-state index is 0.0538. The van der Waals surface area contributed by atoms with Gasteiger partial charge in [0.2, 0.25) is 0 Å². The number of amides is 3. The maximum atomic E-state index is 13.7. The van der Waals surface area contributed by atoms with Crippen molar-refractivity contribution in [1.82, 2.24) is 10.2 Å². The van der Waals surface area contributed by atoms with Gasteiger partial charge in [-0.05, 0) is 29.8 Å². The fraction of sp³-hybridized carbons (Fsp3) is 0.0588. The van der Waals surface area contributed by atoms with E-state index in [0.717, 1.165) is 4.90 Å². The first-order valence-electron chi connectivity index (χ1n) is 7.02. The van der Waals surface area contributed by atoms with E-state index in [2.05, 4.69) is 5.32 Å². The van der Waals surface area contributed by atoms with E-state index in [1.807, 2.05) is 0 Å². The number of urea groups is 1. The SMILES string of the molecule is O=C1N/C(=C\c2ccc(O)c(Cl)c2)C(=O)N1Cc1ccccc1F. The summed E-state index contributed by atoms with van der Waals surface area (Å²) in [5.74, 6) is -1.13. The number of phenols is 1. The van der Waals surface area contributed by atoms with Gasteiger partial charge in [0, 0.05) is 5.56 Å². The molecule has 1 aliphatic heterocycles. The van der Waals surface area contributed by atoms with Crippen molar-refractivity contribution < 1.29 is 19.1 Å². The van der Waals surface area contributed by atoms with Crippen LogP contribution < -0.4 is 5.32 Å². The van der Waals surface area contributed by atoms with Crippen molar-refractivity contribution >= 4 is 29.6 Å². The lowest BCUT2D eigenvalue weighted by Gasteiger charge is -2.12. The van der Waals surface area contributed by atoms with Crippen LogP contribution in [-0.2, 0) is 11.3 Å². The first kappa shape index (κ1) is 16.0. The van der Waals surface area contributed by atoms with Gasteiger partial charge in [-0.3, -0.25) is 9.69 Å². The third kappa shape index (κ3) is 3.09. The van der Waals surface area contributed by atoms with Crippen LogP contribution >= 0.6 is 11.6 Å². The minimum Gasteiger partial charge on any atom is -0.506 e. The molecule has 0 atom stereocenters. The Bertz CT molecular complexity index is 867. The van der Waals surface area contributed by atoms with Crippen LogP contribution in [0.25, 0.3) is 6.08 Å². The average molecular weight is 347 g/mol. The summed E-state index contributed by atoms with van der Waals surface area (Å²) < 4.78 is 13.7. The fourth-order valence-electron chi connectivity index (χ4n) is 2.29. The second-order valence-corrected chi connectivity index (χ2v) is 5.59. The predicted molar refractivity (Wildman–Crippen MR) is 86.6 cm³/mol. The van der Waals surface area contributed by atoms with Crippen LogP contribution in [0.5, 0.6) is 5.75 Å². The zero-order valence-corrected chi connectivity index (χ0v) is 13.0. The normalized spacial score (nSPS) is 15.9. The van der Waals surface area contributed by atoms with Gasteiger partial charge in [-0.25, -0.2) is 9.18 Å². The number of hydrogen-bond acceptors (Lipinski definition) is 3. The third-order valence-electron chi connectivity index (χ3n) is 3.53. The maximum Gasteiger partial charge on any atom is 0.329 e. The molecule has 1 heterocycles. The van der Waals surface area contributed by atoms with Crippen molar-refractivity contribution in [2.75, 3.05) is 0 Å². The Morgan fingerprint density at radius 2 is 1.96 bits per heavy atom. The van der Waals surface area contributed by atoms with E-state index in [0.29, 0.717) is 5.56 Å². The number of nitrogens with zero attached hydrogens (tertiary/aromatic N) is 1. The molecule has 0 saturated carbocycles. The summed E-state index contributed by atoms with van der Waals surface area (Å²) in [5, 5.41) is 12.0. The lowest BCUT2D eigenvalue weighted by Crippen LogP contribution is -2.30. The molecule has 3 rings (SSSR count). The number of carbonyl (C=O) groups is 2. The molecule has 1 aliphatic rings. The topological polar surface area (TPSA) is 69.6 Å². The van der Waals surface area contributed by atoms with Gasteiger partial charge in [0.05, 0.1) is 11.6 Å². The second-order valence-electron chi connectivity index (χ2n) is 5.18. The Kier molecular flexibility index (Phi) is 4.22. The summed E-state index contributed by atoms with van der Waals surface area (Å²) >= 11 is 5.81. The number of phenolic OH excluding ortho intramolecular Hbond substituents is 1. The third-order valence-corrected chi connectivity index (χ3v) is 3.83. The van der Waals surface area contributed by atoms with E-state index >= 15 is 0 Å². The smallest absolute Gasteiger partial charge is 0.329 e. The first-order chi connectivity index (χ1) is 11.5. The summed E-state index contributed by atoms with van der Waals surface area (Å²) in [6.07, 6.45) is 1.44. The molecule has 24 heavy (non-hydrogen) atoms. The van der Waals surface area contributed by atoms with Crippen molar-refractivity contribution in [3.63, 3.8) is 0 Å². The highest BCUT2D eigenvalue weighted by atomic mass is 35.5. The van der Waals surface area contributed by atoms with Crippen molar-refractivity contribution in [3.05, 3.63) is 70.1 Å². The van der Waals surface area contributed by atoms with E-state index in [4.69, 9.17) is 11.6 Å². The first-order valence-corrected chi connectivity index (χ1v) is 7.40. The highest BCUT2D eigenvalue weighted by Crippen LogP contribution is 2.25. The van der Waals surface area contributed by atoms with Crippen molar-refractivity contribution in [1.29, 1.82) is 0 Å². The Labute approximate surface area is 142 Å². The van der Waals surface area contributed by atoms with Crippen LogP contribution in [0.4, 0.5) is 9.18 Å². The maximum absolute atomic E-state index is 13.7. The van der Waals surface area contributed by atoms with Crippen LogP contribution in [0.15, 0.2) is 48.2 Å². The Balaban J connectivity index is 1.84. The number of nitrogens with one attached hydrogen (secondary N) is 1. The Morgan fingerprint density at radius 1 is 1.21 bits per heavy atom. The fourth-order valence-corrected chi connectivity index (χ4v) is 2.48. The molecule has 122 valence electrons. The molecule has 1 saturated heterocycles. The number of imide groups is 1. The average Bonchev–Trinajstić information content (AvgIpc) is 2.80. The van der Waals surface area contributed by atoms with Crippen LogP contribution in [0, 0.1) is 5.82 Å². The standard InChI is InChI=1S/C17H12ClFN2O3/c18-12-7-10(5-6-15(12)22)8-14-16(23)21(17(24)20-14)9-11-3-1-2-4-13(11)19/h1-8,22H,9H2,(H,20,24)/b14-8-. The molecular formula is C17H12ClFN2O3. The van der Waals surface area contributed by atoms with Crippen molar-refractivity contribution in [3.8, 4) is 5.75 Å². The predicted octanol–water partition coefficient (Wildman–Crippen LogP) is 3.28. The van der Waals surface area contributed by atoms with Gasteiger partial charge in [0.25, 0.3) is 5.91 Å². The summed E-state index contributed by atoms with van der Waals surface area (Å²) in [4.78, 5) is 25.3. The molecule has 0 aliphatic carbocycles. The molecular weight excluding hydrogens is 335 g/mol. The number of hydrogen-bond donors (Lipinski definition) is 2. The molecule has 3 amide bonds.